The third-order valence-electron chi connectivity index (χ3n) is 2.64. The number of benzene rings is 1. The van der Waals surface area contributed by atoms with Gasteiger partial charge in [0.15, 0.2) is 5.96 Å². The van der Waals surface area contributed by atoms with Crippen LogP contribution in [0.3, 0.4) is 0 Å². The van der Waals surface area contributed by atoms with Crippen LogP contribution >= 0.6 is 11.6 Å². The second-order valence-electron chi connectivity index (χ2n) is 4.59. The van der Waals surface area contributed by atoms with E-state index in [9.17, 15) is 8.42 Å². The maximum Gasteiger partial charge on any atom is 0.210 e. The Morgan fingerprint density at radius 2 is 2.19 bits per heavy atom. The smallest absolute Gasteiger partial charge is 0.210 e. The van der Waals surface area contributed by atoms with E-state index in [1.807, 2.05) is 43.1 Å². The predicted octanol–water partition coefficient (Wildman–Crippen LogP) is 1.03. The molecular formula is C13H21ClN4O2S. The number of hydrogen-bond donors (Lipinski definition) is 2. The van der Waals surface area contributed by atoms with E-state index in [0.29, 0.717) is 24.1 Å². The number of primary sulfonamides is 1. The van der Waals surface area contributed by atoms with Crippen LogP contribution in [0.15, 0.2) is 29.3 Å². The molecule has 0 aliphatic carbocycles. The van der Waals surface area contributed by atoms with E-state index in [1.54, 1.807) is 0 Å². The summed E-state index contributed by atoms with van der Waals surface area (Å²) in [6.07, 6.45) is 0. The minimum absolute atomic E-state index is 0.126. The van der Waals surface area contributed by atoms with Gasteiger partial charge in [-0.05, 0) is 24.6 Å². The highest BCUT2D eigenvalue weighted by Gasteiger charge is 2.08. The van der Waals surface area contributed by atoms with Crippen LogP contribution in [0.25, 0.3) is 0 Å². The third kappa shape index (κ3) is 7.31. The van der Waals surface area contributed by atoms with Crippen LogP contribution in [-0.2, 0) is 16.6 Å². The number of halogens is 1. The molecule has 0 aliphatic rings. The van der Waals surface area contributed by atoms with Crippen molar-refractivity contribution in [3.05, 3.63) is 34.9 Å². The molecule has 0 amide bonds. The SMILES string of the molecule is CCNC(=NCCS(N)(=O)=O)N(C)Cc1cccc(Cl)c1. The first-order valence-corrected chi connectivity index (χ1v) is 8.65. The summed E-state index contributed by atoms with van der Waals surface area (Å²) >= 11 is 5.96. The Balaban J connectivity index is 2.72. The summed E-state index contributed by atoms with van der Waals surface area (Å²) in [5.41, 5.74) is 1.04. The number of nitrogens with one attached hydrogen (secondary N) is 1. The highest BCUT2D eigenvalue weighted by molar-refractivity contribution is 7.89. The molecule has 0 saturated heterocycles. The van der Waals surface area contributed by atoms with Gasteiger partial charge in [0.05, 0.1) is 12.3 Å². The lowest BCUT2D eigenvalue weighted by atomic mass is 10.2. The summed E-state index contributed by atoms with van der Waals surface area (Å²) in [7, 11) is -1.62. The van der Waals surface area contributed by atoms with E-state index < -0.39 is 10.0 Å². The van der Waals surface area contributed by atoms with Gasteiger partial charge in [0.1, 0.15) is 0 Å². The Morgan fingerprint density at radius 1 is 1.48 bits per heavy atom. The Hall–Kier alpha value is -1.31. The number of rotatable bonds is 6. The molecular weight excluding hydrogens is 312 g/mol. The van der Waals surface area contributed by atoms with Crippen LogP contribution in [0.1, 0.15) is 12.5 Å². The van der Waals surface area contributed by atoms with Crippen LogP contribution in [0.4, 0.5) is 0 Å². The summed E-state index contributed by atoms with van der Waals surface area (Å²) in [5, 5.41) is 8.75. The molecule has 8 heteroatoms. The fourth-order valence-electron chi connectivity index (χ4n) is 1.73. The first-order chi connectivity index (χ1) is 9.81. The molecule has 3 N–H and O–H groups in total. The highest BCUT2D eigenvalue weighted by atomic mass is 35.5. The summed E-state index contributed by atoms with van der Waals surface area (Å²) in [6.45, 7) is 3.37. The van der Waals surface area contributed by atoms with Gasteiger partial charge in [0, 0.05) is 25.2 Å². The van der Waals surface area contributed by atoms with Gasteiger partial charge in [-0.15, -0.1) is 0 Å². The molecule has 1 aromatic rings. The normalized spacial score (nSPS) is 12.3. The van der Waals surface area contributed by atoms with E-state index in [1.165, 1.54) is 0 Å². The van der Waals surface area contributed by atoms with Crippen molar-refractivity contribution in [2.24, 2.45) is 10.1 Å². The lowest BCUT2D eigenvalue weighted by molar-refractivity contribution is 0.477. The molecule has 0 saturated carbocycles. The monoisotopic (exact) mass is 332 g/mol. The van der Waals surface area contributed by atoms with Gasteiger partial charge >= 0.3 is 0 Å². The molecule has 6 nitrogen and oxygen atoms in total. The predicted molar refractivity (Wildman–Crippen MR) is 86.9 cm³/mol. The molecule has 0 radical (unpaired) electrons. The number of nitrogens with two attached hydrogens (primary N) is 1. The minimum atomic E-state index is -3.50. The van der Waals surface area contributed by atoms with Crippen molar-refractivity contribution in [2.75, 3.05) is 25.9 Å². The van der Waals surface area contributed by atoms with Crippen LogP contribution in [-0.4, -0.2) is 45.2 Å². The average molecular weight is 333 g/mol. The number of hydrogen-bond acceptors (Lipinski definition) is 3. The topological polar surface area (TPSA) is 87.8 Å². The average Bonchev–Trinajstić information content (AvgIpc) is 2.36. The second-order valence-corrected chi connectivity index (χ2v) is 6.76. The van der Waals surface area contributed by atoms with Crippen molar-refractivity contribution in [2.45, 2.75) is 13.5 Å². The summed E-state index contributed by atoms with van der Waals surface area (Å²) in [5.74, 6) is 0.452. The quantitative estimate of drug-likeness (QED) is 0.601. The van der Waals surface area contributed by atoms with Gasteiger partial charge in [-0.25, -0.2) is 13.6 Å². The van der Waals surface area contributed by atoms with E-state index >= 15 is 0 Å². The Kier molecular flexibility index (Phi) is 6.94. The molecule has 0 heterocycles. The first-order valence-electron chi connectivity index (χ1n) is 6.56. The van der Waals surface area contributed by atoms with E-state index in [0.717, 1.165) is 5.56 Å². The van der Waals surface area contributed by atoms with E-state index in [4.69, 9.17) is 16.7 Å². The first kappa shape index (κ1) is 17.7. The Bertz CT molecular complexity index is 590. The molecule has 0 aliphatic heterocycles. The second kappa shape index (κ2) is 8.21. The van der Waals surface area contributed by atoms with Crippen LogP contribution in [0, 0.1) is 0 Å². The largest absolute Gasteiger partial charge is 0.357 e. The summed E-state index contributed by atoms with van der Waals surface area (Å²) in [4.78, 5) is 6.16. The van der Waals surface area contributed by atoms with Crippen molar-refractivity contribution in [3.8, 4) is 0 Å². The van der Waals surface area contributed by atoms with Crippen LogP contribution in [0.2, 0.25) is 5.02 Å². The Labute approximate surface area is 131 Å². The molecule has 0 fully saturated rings. The fourth-order valence-corrected chi connectivity index (χ4v) is 2.29. The van der Waals surface area contributed by atoms with E-state index in [2.05, 4.69) is 10.3 Å². The maximum absolute atomic E-state index is 10.9. The molecule has 118 valence electrons. The number of aliphatic imine (C=N–C) groups is 1. The van der Waals surface area contributed by atoms with Gasteiger partial charge in [-0.1, -0.05) is 23.7 Å². The number of sulfonamides is 1. The molecule has 0 aromatic heterocycles. The molecule has 0 atom stereocenters. The van der Waals surface area contributed by atoms with Gasteiger partial charge in [-0.2, -0.15) is 0 Å². The summed E-state index contributed by atoms with van der Waals surface area (Å²) in [6, 6.07) is 7.55. The number of nitrogens with zero attached hydrogens (tertiary/aromatic N) is 2. The molecule has 21 heavy (non-hydrogen) atoms. The van der Waals surface area contributed by atoms with Gasteiger partial charge in [-0.3, -0.25) is 4.99 Å². The fraction of sp³-hybridized carbons (Fsp3) is 0.462. The van der Waals surface area contributed by atoms with Crippen LogP contribution < -0.4 is 10.5 Å². The molecule has 0 unspecified atom stereocenters. The molecule has 1 rings (SSSR count). The maximum atomic E-state index is 10.9. The van der Waals surface area contributed by atoms with Gasteiger partial charge in [0.25, 0.3) is 0 Å². The van der Waals surface area contributed by atoms with Crippen molar-refractivity contribution < 1.29 is 8.42 Å². The zero-order valence-electron chi connectivity index (χ0n) is 12.2. The minimum Gasteiger partial charge on any atom is -0.357 e. The lowest BCUT2D eigenvalue weighted by Gasteiger charge is -2.22. The van der Waals surface area contributed by atoms with Crippen molar-refractivity contribution in [1.82, 2.24) is 10.2 Å². The Morgan fingerprint density at radius 3 is 2.76 bits per heavy atom. The van der Waals surface area contributed by atoms with Crippen molar-refractivity contribution in [3.63, 3.8) is 0 Å². The van der Waals surface area contributed by atoms with Crippen molar-refractivity contribution >= 4 is 27.6 Å². The molecule has 0 bridgehead atoms. The summed E-state index contributed by atoms with van der Waals surface area (Å²) < 4.78 is 21.9. The number of guanidine groups is 1. The molecule has 0 spiro atoms. The van der Waals surface area contributed by atoms with E-state index in [-0.39, 0.29) is 12.3 Å². The zero-order chi connectivity index (χ0) is 15.9. The highest BCUT2D eigenvalue weighted by Crippen LogP contribution is 2.12. The zero-order valence-corrected chi connectivity index (χ0v) is 13.8. The van der Waals surface area contributed by atoms with Crippen molar-refractivity contribution in [1.29, 1.82) is 0 Å². The lowest BCUT2D eigenvalue weighted by Crippen LogP contribution is -2.39. The molecule has 1 aromatic carbocycles. The third-order valence-corrected chi connectivity index (χ3v) is 3.63. The standard InChI is InChI=1S/C13H21ClN4O2S/c1-3-16-13(17-7-8-21(15,19)20)18(2)10-11-5-4-6-12(14)9-11/h4-6,9H,3,7-8,10H2,1-2H3,(H,16,17)(H2,15,19,20). The van der Waals surface area contributed by atoms with Crippen LogP contribution in [0.5, 0.6) is 0 Å². The van der Waals surface area contributed by atoms with Gasteiger partial charge in [0.2, 0.25) is 10.0 Å². The van der Waals surface area contributed by atoms with Gasteiger partial charge < -0.3 is 10.2 Å².